The molecule has 0 fully saturated rings. The maximum absolute atomic E-state index is 11.9. The third-order valence-electron chi connectivity index (χ3n) is 1.97. The van der Waals surface area contributed by atoms with Crippen LogP contribution in [0.25, 0.3) is 11.0 Å². The molecule has 0 unspecified atom stereocenters. The van der Waals surface area contributed by atoms with Gasteiger partial charge in [-0.1, -0.05) is 44.0 Å². The summed E-state index contributed by atoms with van der Waals surface area (Å²) in [6.07, 6.45) is 0. The van der Waals surface area contributed by atoms with Gasteiger partial charge in [0.25, 0.3) is 0 Å². The van der Waals surface area contributed by atoms with Gasteiger partial charge in [-0.15, -0.1) is 0 Å². The van der Waals surface area contributed by atoms with Crippen molar-refractivity contribution in [2.24, 2.45) is 0 Å². The number of benzene rings is 1. The Morgan fingerprint density at radius 2 is 1.87 bits per heavy atom. The van der Waals surface area contributed by atoms with Gasteiger partial charge in [0.1, 0.15) is 19.6 Å². The molecule has 0 bridgehead atoms. The normalized spacial score (nSPS) is 11.2. The Balaban J connectivity index is 2.89. The maximum Gasteiger partial charge on any atom is 0.207 e. The van der Waals surface area contributed by atoms with Crippen LogP contribution in [0.5, 0.6) is 0 Å². The van der Waals surface area contributed by atoms with E-state index >= 15 is 0 Å². The number of alkyl halides is 2. The number of rotatable bonds is 1. The molecule has 2 rings (SSSR count). The first-order chi connectivity index (χ1) is 7.11. The number of para-hydroxylation sites is 1. The second-order valence-corrected chi connectivity index (χ2v) is 6.76. The van der Waals surface area contributed by atoms with Crippen LogP contribution in [0.15, 0.2) is 37.9 Å². The van der Waals surface area contributed by atoms with Crippen LogP contribution in [0.2, 0.25) is 0 Å². The smallest absolute Gasteiger partial charge is 0.207 e. The van der Waals surface area contributed by atoms with Crippen LogP contribution in [0.3, 0.4) is 0 Å². The van der Waals surface area contributed by atoms with Crippen LogP contribution in [0.4, 0.5) is 0 Å². The van der Waals surface area contributed by atoms with Crippen LogP contribution >= 0.6 is 47.8 Å². The Morgan fingerprint density at radius 1 is 1.20 bits per heavy atom. The maximum atomic E-state index is 11.9. The van der Waals surface area contributed by atoms with Crippen LogP contribution in [-0.4, -0.2) is 0 Å². The van der Waals surface area contributed by atoms with Crippen molar-refractivity contribution in [3.63, 3.8) is 0 Å². The minimum Gasteiger partial charge on any atom is -0.458 e. The third kappa shape index (κ3) is 2.05. The summed E-state index contributed by atoms with van der Waals surface area (Å²) in [5.74, 6) is 0.540. The fourth-order valence-electron chi connectivity index (χ4n) is 1.28. The van der Waals surface area contributed by atoms with E-state index in [0.29, 0.717) is 21.2 Å². The second kappa shape index (κ2) is 4.39. The van der Waals surface area contributed by atoms with Gasteiger partial charge < -0.3 is 4.42 Å². The lowest BCUT2D eigenvalue weighted by Gasteiger charge is -2.05. The average Bonchev–Trinajstić information content (AvgIpc) is 2.23. The fraction of sp³-hybridized carbons (Fsp3) is 0.100. The van der Waals surface area contributed by atoms with Gasteiger partial charge in [0.2, 0.25) is 5.43 Å². The fourth-order valence-corrected chi connectivity index (χ4v) is 3.06. The first-order valence-corrected chi connectivity index (χ1v) is 6.73. The van der Waals surface area contributed by atoms with E-state index in [9.17, 15) is 4.79 Å². The Kier molecular flexibility index (Phi) is 3.33. The SMILES string of the molecule is O=c1c(Br)c(C(Br)Br)oc2ccccc12. The van der Waals surface area contributed by atoms with Gasteiger partial charge in [-0.2, -0.15) is 0 Å². The van der Waals surface area contributed by atoms with Gasteiger partial charge in [-0.3, -0.25) is 4.79 Å². The summed E-state index contributed by atoms with van der Waals surface area (Å²) in [7, 11) is 0. The van der Waals surface area contributed by atoms with E-state index in [4.69, 9.17) is 4.42 Å². The Bertz CT molecular complexity index is 560. The molecule has 15 heavy (non-hydrogen) atoms. The van der Waals surface area contributed by atoms with Gasteiger partial charge in [-0.25, -0.2) is 0 Å². The molecule has 5 heteroatoms. The van der Waals surface area contributed by atoms with E-state index in [2.05, 4.69) is 47.8 Å². The highest BCUT2D eigenvalue weighted by atomic mass is 79.9. The molecular formula is C10H5Br3O2. The summed E-state index contributed by atoms with van der Waals surface area (Å²) in [6, 6.07) is 7.16. The molecule has 1 aromatic carbocycles. The standard InChI is InChI=1S/C10H5Br3O2/c11-7-8(14)5-3-1-2-4-6(5)15-9(7)10(12)13/h1-4,10H. The molecule has 0 atom stereocenters. The molecule has 78 valence electrons. The van der Waals surface area contributed by atoms with Crippen molar-refractivity contribution in [1.29, 1.82) is 0 Å². The van der Waals surface area contributed by atoms with Crippen molar-refractivity contribution >= 4 is 58.8 Å². The van der Waals surface area contributed by atoms with Crippen molar-refractivity contribution < 1.29 is 4.42 Å². The van der Waals surface area contributed by atoms with Crippen LogP contribution < -0.4 is 5.43 Å². The van der Waals surface area contributed by atoms with Gasteiger partial charge in [-0.05, 0) is 28.1 Å². The molecule has 0 amide bonds. The summed E-state index contributed by atoms with van der Waals surface area (Å²) in [5.41, 5.74) is 0.528. The molecule has 1 heterocycles. The highest BCUT2D eigenvalue weighted by molar-refractivity contribution is 9.24. The third-order valence-corrected chi connectivity index (χ3v) is 3.55. The topological polar surface area (TPSA) is 30.2 Å². The average molecular weight is 397 g/mol. The lowest BCUT2D eigenvalue weighted by molar-refractivity contribution is 0.556. The summed E-state index contributed by atoms with van der Waals surface area (Å²) >= 11 is 9.85. The van der Waals surface area contributed by atoms with E-state index in [1.807, 2.05) is 12.1 Å². The molecule has 0 aliphatic rings. The highest BCUT2D eigenvalue weighted by Crippen LogP contribution is 2.34. The van der Waals surface area contributed by atoms with Gasteiger partial charge in [0.15, 0.2) is 0 Å². The minimum atomic E-state index is -0.184. The summed E-state index contributed by atoms with van der Waals surface area (Å²) in [5, 5.41) is 0.578. The molecule has 0 saturated heterocycles. The molecule has 2 aromatic rings. The lowest BCUT2D eigenvalue weighted by Crippen LogP contribution is -2.05. The number of halogens is 3. The van der Waals surface area contributed by atoms with Crippen molar-refractivity contribution in [3.05, 3.63) is 44.7 Å². The predicted molar refractivity (Wildman–Crippen MR) is 70.8 cm³/mol. The zero-order valence-electron chi connectivity index (χ0n) is 7.34. The van der Waals surface area contributed by atoms with Gasteiger partial charge in [0, 0.05) is 0 Å². The number of hydrogen-bond acceptors (Lipinski definition) is 2. The van der Waals surface area contributed by atoms with E-state index in [0.717, 1.165) is 0 Å². The first kappa shape index (κ1) is 11.4. The molecular weight excluding hydrogens is 392 g/mol. The largest absolute Gasteiger partial charge is 0.458 e. The molecule has 0 aliphatic heterocycles. The Labute approximate surface area is 111 Å². The second-order valence-electron chi connectivity index (χ2n) is 2.91. The Morgan fingerprint density at radius 3 is 2.53 bits per heavy atom. The zero-order chi connectivity index (χ0) is 11.0. The van der Waals surface area contributed by atoms with Crippen LogP contribution in [-0.2, 0) is 0 Å². The summed E-state index contributed by atoms with van der Waals surface area (Å²) < 4.78 is 5.85. The van der Waals surface area contributed by atoms with Crippen molar-refractivity contribution in [1.82, 2.24) is 0 Å². The minimum absolute atomic E-state index is 0.0595. The molecule has 0 N–H and O–H groups in total. The summed E-state index contributed by atoms with van der Waals surface area (Å²) in [4.78, 5) is 11.9. The molecule has 0 spiro atoms. The van der Waals surface area contributed by atoms with E-state index in [1.54, 1.807) is 12.1 Å². The predicted octanol–water partition coefficient (Wildman–Crippen LogP) is 4.34. The number of fused-ring (bicyclic) bond motifs is 1. The molecule has 0 radical (unpaired) electrons. The van der Waals surface area contributed by atoms with E-state index in [1.165, 1.54) is 0 Å². The van der Waals surface area contributed by atoms with Crippen molar-refractivity contribution in [2.45, 2.75) is 3.74 Å². The van der Waals surface area contributed by atoms with Crippen LogP contribution in [0, 0.1) is 0 Å². The van der Waals surface area contributed by atoms with Crippen molar-refractivity contribution in [2.75, 3.05) is 0 Å². The molecule has 0 aliphatic carbocycles. The van der Waals surface area contributed by atoms with Gasteiger partial charge >= 0.3 is 0 Å². The van der Waals surface area contributed by atoms with Crippen molar-refractivity contribution in [3.8, 4) is 0 Å². The molecule has 2 nitrogen and oxygen atoms in total. The van der Waals surface area contributed by atoms with E-state index < -0.39 is 0 Å². The number of hydrogen-bond donors (Lipinski definition) is 0. The van der Waals surface area contributed by atoms with Crippen LogP contribution in [0.1, 0.15) is 9.50 Å². The zero-order valence-corrected chi connectivity index (χ0v) is 12.1. The first-order valence-electron chi connectivity index (χ1n) is 4.10. The highest BCUT2D eigenvalue weighted by Gasteiger charge is 2.16. The lowest BCUT2D eigenvalue weighted by atomic mass is 10.2. The molecule has 0 saturated carbocycles. The van der Waals surface area contributed by atoms with Gasteiger partial charge in [0.05, 0.1) is 5.39 Å². The monoisotopic (exact) mass is 394 g/mol. The Hall–Kier alpha value is -0.130. The van der Waals surface area contributed by atoms with E-state index in [-0.39, 0.29) is 9.17 Å². The molecule has 1 aromatic heterocycles. The summed E-state index contributed by atoms with van der Waals surface area (Å²) in [6.45, 7) is 0. The quantitative estimate of drug-likeness (QED) is 0.671.